The smallest absolute Gasteiger partial charge is 0.365 e. The van der Waals surface area contributed by atoms with E-state index in [1.54, 1.807) is 18.3 Å². The van der Waals surface area contributed by atoms with Crippen LogP contribution < -0.4 is 11.1 Å². The van der Waals surface area contributed by atoms with Crippen LogP contribution in [0.3, 0.4) is 0 Å². The number of benzene rings is 1. The van der Waals surface area contributed by atoms with E-state index in [2.05, 4.69) is 15.3 Å². The van der Waals surface area contributed by atoms with Gasteiger partial charge in [0.2, 0.25) is 0 Å². The highest BCUT2D eigenvalue weighted by atomic mass is 19.4. The van der Waals surface area contributed by atoms with Gasteiger partial charge < -0.3 is 16.0 Å². The predicted molar refractivity (Wildman–Crippen MR) is 108 cm³/mol. The van der Waals surface area contributed by atoms with Crippen LogP contribution in [0.1, 0.15) is 54.1 Å². The minimum absolute atomic E-state index is 0.174. The number of likely N-dealkylation sites (tertiary alicyclic amines) is 1. The number of nitrogens with one attached hydrogen (secondary N) is 1. The van der Waals surface area contributed by atoms with Gasteiger partial charge in [0.05, 0.1) is 12.5 Å². The molecule has 2 heterocycles. The van der Waals surface area contributed by atoms with Crippen molar-refractivity contribution in [1.82, 2.24) is 14.7 Å². The van der Waals surface area contributed by atoms with Crippen LogP contribution in [0.25, 0.3) is 0 Å². The Labute approximate surface area is 173 Å². The normalized spacial score (nSPS) is 22.5. The van der Waals surface area contributed by atoms with Gasteiger partial charge in [-0.15, -0.1) is 0 Å². The number of carbonyl (C=O) groups is 1. The van der Waals surface area contributed by atoms with Crippen molar-refractivity contribution in [2.45, 2.75) is 56.8 Å². The Hall–Kier alpha value is -2.55. The predicted octanol–water partition coefficient (Wildman–Crippen LogP) is 4.02. The summed E-state index contributed by atoms with van der Waals surface area (Å²) >= 11 is 0. The molecule has 0 bridgehead atoms. The van der Waals surface area contributed by atoms with Crippen molar-refractivity contribution >= 4 is 17.4 Å². The van der Waals surface area contributed by atoms with Crippen LogP contribution in [-0.2, 0) is 6.42 Å². The van der Waals surface area contributed by atoms with Crippen LogP contribution >= 0.6 is 0 Å². The van der Waals surface area contributed by atoms with Crippen LogP contribution in [0.5, 0.6) is 0 Å². The van der Waals surface area contributed by atoms with E-state index in [9.17, 15) is 18.0 Å². The van der Waals surface area contributed by atoms with E-state index in [1.165, 1.54) is 31.6 Å². The van der Waals surface area contributed by atoms with Crippen molar-refractivity contribution in [3.63, 3.8) is 0 Å². The second-order valence-electron chi connectivity index (χ2n) is 8.20. The maximum atomic E-state index is 12.5. The molecule has 0 spiro atoms. The van der Waals surface area contributed by atoms with Gasteiger partial charge in [0.15, 0.2) is 5.82 Å². The van der Waals surface area contributed by atoms with Crippen molar-refractivity contribution in [2.75, 3.05) is 18.4 Å². The zero-order chi connectivity index (χ0) is 21.3. The number of rotatable bonds is 6. The molecule has 9 heteroatoms. The second-order valence-corrected chi connectivity index (χ2v) is 8.20. The van der Waals surface area contributed by atoms with Gasteiger partial charge in [-0.3, -0.25) is 9.48 Å². The molecular formula is C21H26F3N5O. The van der Waals surface area contributed by atoms with Crippen molar-refractivity contribution in [3.05, 3.63) is 41.6 Å². The highest BCUT2D eigenvalue weighted by Gasteiger charge is 2.30. The Kier molecular flexibility index (Phi) is 5.73. The van der Waals surface area contributed by atoms with Gasteiger partial charge in [-0.2, -0.15) is 18.3 Å². The number of amides is 1. The fourth-order valence-corrected chi connectivity index (χ4v) is 4.32. The van der Waals surface area contributed by atoms with E-state index in [0.717, 1.165) is 25.7 Å². The summed E-state index contributed by atoms with van der Waals surface area (Å²) in [6.45, 7) is 2.39. The van der Waals surface area contributed by atoms with Gasteiger partial charge >= 0.3 is 6.18 Å². The first-order valence-electron chi connectivity index (χ1n) is 10.3. The molecule has 1 saturated carbocycles. The molecule has 1 saturated heterocycles. The summed E-state index contributed by atoms with van der Waals surface area (Å²) in [7, 11) is 0. The largest absolute Gasteiger partial charge is 0.393 e. The van der Waals surface area contributed by atoms with Crippen molar-refractivity contribution in [3.8, 4) is 0 Å². The lowest BCUT2D eigenvalue weighted by molar-refractivity contribution is -0.127. The van der Waals surface area contributed by atoms with Crippen LogP contribution in [-0.4, -0.2) is 45.9 Å². The molecule has 0 unspecified atom stereocenters. The summed E-state index contributed by atoms with van der Waals surface area (Å²) in [5, 5.41) is 7.57. The van der Waals surface area contributed by atoms with Crippen LogP contribution in [0, 0.1) is 0 Å². The maximum absolute atomic E-state index is 12.5. The molecule has 1 aromatic carbocycles. The Balaban J connectivity index is 1.44. The Bertz CT molecular complexity index is 881. The third kappa shape index (κ3) is 4.77. The number of halogens is 3. The monoisotopic (exact) mass is 421 g/mol. The van der Waals surface area contributed by atoms with Gasteiger partial charge in [0, 0.05) is 17.9 Å². The first kappa shape index (κ1) is 20.7. The maximum Gasteiger partial charge on any atom is 0.393 e. The lowest BCUT2D eigenvalue weighted by Crippen LogP contribution is -2.46. The average molecular weight is 421 g/mol. The van der Waals surface area contributed by atoms with Crippen molar-refractivity contribution < 1.29 is 18.0 Å². The molecule has 2 aromatic rings. The van der Waals surface area contributed by atoms with E-state index in [1.807, 2.05) is 4.68 Å². The molecule has 162 valence electrons. The van der Waals surface area contributed by atoms with Gasteiger partial charge in [-0.25, -0.2) is 0 Å². The Morgan fingerprint density at radius 2 is 1.73 bits per heavy atom. The molecule has 1 aromatic heterocycles. The van der Waals surface area contributed by atoms with Crippen LogP contribution in [0.15, 0.2) is 30.5 Å². The highest BCUT2D eigenvalue weighted by Crippen LogP contribution is 2.34. The summed E-state index contributed by atoms with van der Waals surface area (Å²) in [5.74, 6) is -0.261. The molecule has 1 aliphatic heterocycles. The minimum atomic E-state index is -4.25. The van der Waals surface area contributed by atoms with Gasteiger partial charge in [0.1, 0.15) is 5.56 Å². The third-order valence-corrected chi connectivity index (χ3v) is 6.07. The second kappa shape index (κ2) is 8.29. The molecule has 2 fully saturated rings. The molecule has 0 atom stereocenters. The zero-order valence-electron chi connectivity index (χ0n) is 16.7. The number of hydrogen-bond donors (Lipinski definition) is 2. The fraction of sp³-hybridized carbons (Fsp3) is 0.524. The Morgan fingerprint density at radius 1 is 1.10 bits per heavy atom. The fourth-order valence-electron chi connectivity index (χ4n) is 4.32. The third-order valence-electron chi connectivity index (χ3n) is 6.07. The van der Waals surface area contributed by atoms with E-state index in [4.69, 9.17) is 5.73 Å². The number of aromatic nitrogens is 2. The summed E-state index contributed by atoms with van der Waals surface area (Å²) in [6, 6.07) is 6.77. The van der Waals surface area contributed by atoms with E-state index in [0.29, 0.717) is 17.5 Å². The molecule has 0 radical (unpaired) electrons. The summed E-state index contributed by atoms with van der Waals surface area (Å²) in [4.78, 5) is 14.4. The lowest BCUT2D eigenvalue weighted by Gasteiger charge is -2.42. The van der Waals surface area contributed by atoms with Gasteiger partial charge in [-0.1, -0.05) is 12.1 Å². The Morgan fingerprint density at radius 3 is 2.27 bits per heavy atom. The molecule has 30 heavy (non-hydrogen) atoms. The topological polar surface area (TPSA) is 76.2 Å². The number of carbonyl (C=O) groups excluding carboxylic acids is 1. The molecule has 6 nitrogen and oxygen atoms in total. The molecule has 1 aliphatic carbocycles. The molecule has 1 amide bonds. The zero-order valence-corrected chi connectivity index (χ0v) is 16.7. The number of nitrogens with zero attached hydrogens (tertiary/aromatic N) is 3. The number of hydrogen-bond acceptors (Lipinski definition) is 4. The molecule has 3 N–H and O–H groups in total. The average Bonchev–Trinajstić information content (AvgIpc) is 3.05. The van der Waals surface area contributed by atoms with Gasteiger partial charge in [0.25, 0.3) is 5.91 Å². The quantitative estimate of drug-likeness (QED) is 0.739. The molecular weight excluding hydrogens is 395 g/mol. The number of nitrogens with two attached hydrogens (primary N) is 1. The van der Waals surface area contributed by atoms with Crippen molar-refractivity contribution in [2.24, 2.45) is 5.73 Å². The molecule has 2 aliphatic rings. The SMILES string of the molecule is NC(=O)c1cn(C2CCC(N3CCC3)CC2)nc1Nc1ccc(CC(F)(F)F)cc1. The van der Waals surface area contributed by atoms with Gasteiger partial charge in [-0.05, 0) is 62.9 Å². The summed E-state index contributed by atoms with van der Waals surface area (Å²) < 4.78 is 39.4. The first-order chi connectivity index (χ1) is 14.3. The number of alkyl halides is 3. The summed E-state index contributed by atoms with van der Waals surface area (Å²) in [6.07, 6.45) is 1.94. The van der Waals surface area contributed by atoms with Crippen molar-refractivity contribution in [1.29, 1.82) is 0 Å². The number of anilines is 2. The minimum Gasteiger partial charge on any atom is -0.365 e. The lowest BCUT2D eigenvalue weighted by atomic mass is 9.89. The first-order valence-corrected chi connectivity index (χ1v) is 10.3. The number of primary amides is 1. The van der Waals surface area contributed by atoms with E-state index < -0.39 is 18.5 Å². The van der Waals surface area contributed by atoms with Crippen LogP contribution in [0.2, 0.25) is 0 Å². The van der Waals surface area contributed by atoms with Crippen LogP contribution in [0.4, 0.5) is 24.7 Å². The standard InChI is InChI=1S/C21H26F3N5O/c22-21(23,24)12-14-2-4-15(5-3-14)26-20-18(19(25)30)13-29(27-20)17-8-6-16(7-9-17)28-10-1-11-28/h2-5,13,16-17H,1,6-12H2,(H2,25,30)(H,26,27). The van der Waals surface area contributed by atoms with E-state index >= 15 is 0 Å². The summed E-state index contributed by atoms with van der Waals surface area (Å²) in [5.41, 5.74) is 6.53. The highest BCUT2D eigenvalue weighted by molar-refractivity contribution is 5.98. The van der Waals surface area contributed by atoms with E-state index in [-0.39, 0.29) is 17.2 Å². The molecule has 4 rings (SSSR count).